The Morgan fingerprint density at radius 2 is 0.800 bits per heavy atom. The Balaban J connectivity index is 0.933. The van der Waals surface area contributed by atoms with Crippen LogP contribution in [0.25, 0.3) is 64.7 Å². The molecule has 2 heterocycles. The maximum absolute atomic E-state index is 2.50. The normalized spacial score (nSPS) is 12.9. The largest absolute Gasteiger partial charge is 0.310 e. The quantitative estimate of drug-likeness (QED) is 0.157. The van der Waals surface area contributed by atoms with Gasteiger partial charge in [0.1, 0.15) is 0 Å². The van der Waals surface area contributed by atoms with E-state index in [1.54, 1.807) is 0 Å². The van der Waals surface area contributed by atoms with Crippen LogP contribution in [0, 0.1) is 0 Å². The predicted octanol–water partition coefficient (Wildman–Crippen LogP) is 18.7. The summed E-state index contributed by atoms with van der Waals surface area (Å²) >= 11 is 1.87. The van der Waals surface area contributed by atoms with Crippen LogP contribution in [0.4, 0.5) is 34.1 Å². The fourth-order valence-electron chi connectivity index (χ4n) is 11.6. The highest BCUT2D eigenvalue weighted by Gasteiger charge is 2.51. The molecule has 0 saturated carbocycles. The second kappa shape index (κ2) is 16.2. The zero-order valence-corrected chi connectivity index (χ0v) is 39.0. The molecule has 14 rings (SSSR count). The van der Waals surface area contributed by atoms with Crippen molar-refractivity contribution in [2.75, 3.05) is 9.80 Å². The van der Waals surface area contributed by atoms with Gasteiger partial charge in [-0.05, 0) is 140 Å². The van der Waals surface area contributed by atoms with Gasteiger partial charge < -0.3 is 9.80 Å². The monoisotopic (exact) mass is 908 g/mol. The van der Waals surface area contributed by atoms with Crippen LogP contribution in [0.15, 0.2) is 267 Å². The molecule has 1 aliphatic heterocycles. The van der Waals surface area contributed by atoms with E-state index in [2.05, 4.69) is 277 Å². The van der Waals surface area contributed by atoms with Crippen molar-refractivity contribution in [2.24, 2.45) is 0 Å². The van der Waals surface area contributed by atoms with Gasteiger partial charge in [0.15, 0.2) is 0 Å². The molecule has 1 aromatic heterocycles. The Morgan fingerprint density at radius 3 is 1.51 bits per heavy atom. The summed E-state index contributed by atoms with van der Waals surface area (Å²) in [6.45, 7) is 0. The van der Waals surface area contributed by atoms with Gasteiger partial charge in [-0.25, -0.2) is 0 Å². The third kappa shape index (κ3) is 6.19. The van der Waals surface area contributed by atoms with Crippen LogP contribution in [0.3, 0.4) is 0 Å². The second-order valence-electron chi connectivity index (χ2n) is 18.4. The summed E-state index contributed by atoms with van der Waals surface area (Å²) in [5.74, 6) is 0. The molecule has 2 nitrogen and oxygen atoms in total. The third-order valence-electron chi connectivity index (χ3n) is 14.7. The molecule has 0 unspecified atom stereocenters. The maximum Gasteiger partial charge on any atom is 0.0754 e. The van der Waals surface area contributed by atoms with Crippen molar-refractivity contribution in [3.05, 3.63) is 289 Å². The molecule has 1 spiro atoms. The van der Waals surface area contributed by atoms with E-state index in [-0.39, 0.29) is 0 Å². The minimum absolute atomic E-state index is 0.521. The highest BCUT2D eigenvalue weighted by atomic mass is 32.1. The van der Waals surface area contributed by atoms with E-state index >= 15 is 0 Å². The first-order valence-electron chi connectivity index (χ1n) is 24.1. The summed E-state index contributed by atoms with van der Waals surface area (Å²) in [5.41, 5.74) is 21.4. The first-order chi connectivity index (χ1) is 34.7. The molecule has 12 aromatic rings. The van der Waals surface area contributed by atoms with Gasteiger partial charge in [-0.1, -0.05) is 188 Å². The molecular formula is C67H44N2S. The molecule has 0 amide bonds. The zero-order chi connectivity index (χ0) is 46.2. The molecule has 0 fully saturated rings. The van der Waals surface area contributed by atoms with Crippen LogP contribution in [-0.4, -0.2) is 0 Å². The number of para-hydroxylation sites is 4. The average molecular weight is 909 g/mol. The molecule has 0 bridgehead atoms. The molecule has 0 saturated heterocycles. The summed E-state index contributed by atoms with van der Waals surface area (Å²) in [6, 6.07) is 98.5. The number of anilines is 6. The summed E-state index contributed by atoms with van der Waals surface area (Å²) in [5, 5.41) is 2.52. The van der Waals surface area contributed by atoms with Gasteiger partial charge in [0.05, 0.1) is 22.5 Å². The minimum Gasteiger partial charge on any atom is -0.310 e. The molecule has 2 aliphatic rings. The van der Waals surface area contributed by atoms with E-state index in [0.29, 0.717) is 0 Å². The molecule has 0 atom stereocenters. The SMILES string of the molecule is c1ccc(-c2ccc(N(c3ccc4sc5ccc(-c6ccc7c(c6)C6(c8ccccc8-7)c7ccccc7N(c7ccccc7)c7ccccc76)cc5c4c3)c3ccccc3-c3ccccc3)cc2)cc1. The van der Waals surface area contributed by atoms with Gasteiger partial charge in [0.2, 0.25) is 0 Å². The van der Waals surface area contributed by atoms with Crippen molar-refractivity contribution in [3.63, 3.8) is 0 Å². The van der Waals surface area contributed by atoms with Gasteiger partial charge in [0, 0.05) is 42.8 Å². The lowest BCUT2D eigenvalue weighted by Crippen LogP contribution is -2.36. The third-order valence-corrected chi connectivity index (χ3v) is 15.8. The number of fused-ring (bicyclic) bond motifs is 12. The number of nitrogens with zero attached hydrogens (tertiary/aromatic N) is 2. The molecule has 1 aliphatic carbocycles. The van der Waals surface area contributed by atoms with E-state index in [4.69, 9.17) is 0 Å². The van der Waals surface area contributed by atoms with Gasteiger partial charge in [-0.3, -0.25) is 0 Å². The number of hydrogen-bond acceptors (Lipinski definition) is 3. The minimum atomic E-state index is -0.521. The van der Waals surface area contributed by atoms with Crippen LogP contribution < -0.4 is 9.80 Å². The Kier molecular flexibility index (Phi) is 9.33. The smallest absolute Gasteiger partial charge is 0.0754 e. The predicted molar refractivity (Wildman–Crippen MR) is 296 cm³/mol. The van der Waals surface area contributed by atoms with E-state index in [0.717, 1.165) is 22.7 Å². The van der Waals surface area contributed by atoms with Crippen molar-refractivity contribution >= 4 is 65.6 Å². The van der Waals surface area contributed by atoms with E-state index in [1.165, 1.54) is 98.3 Å². The molecule has 11 aromatic carbocycles. The van der Waals surface area contributed by atoms with E-state index in [9.17, 15) is 0 Å². The Hall–Kier alpha value is -8.76. The van der Waals surface area contributed by atoms with Crippen molar-refractivity contribution < 1.29 is 0 Å². The summed E-state index contributed by atoms with van der Waals surface area (Å²) < 4.78 is 2.55. The molecular weight excluding hydrogens is 865 g/mol. The Labute approximate surface area is 412 Å². The van der Waals surface area contributed by atoms with Gasteiger partial charge >= 0.3 is 0 Å². The van der Waals surface area contributed by atoms with Crippen molar-refractivity contribution in [1.29, 1.82) is 0 Å². The number of rotatable bonds is 7. The van der Waals surface area contributed by atoms with E-state index < -0.39 is 5.41 Å². The number of thiophene rings is 1. The molecule has 70 heavy (non-hydrogen) atoms. The van der Waals surface area contributed by atoms with Crippen LogP contribution in [0.2, 0.25) is 0 Å². The first kappa shape index (κ1) is 40.3. The maximum atomic E-state index is 2.50. The standard InChI is InChI=1S/C67H44N2S/c1-4-18-45(19-5-1)46-32-36-51(37-33-46)68(62-29-15-11-24-53(62)47-20-6-2-7-21-47)52-38-41-66-57(44-52)56-42-48(35-40-65(56)70-66)49-34-39-55-54-25-10-12-26-58(54)67(61(55)43-49)59-27-13-16-30-63(59)69(50-22-8-3-9-23-50)64-31-17-14-28-60(64)67/h1-44H. The second-order valence-corrected chi connectivity index (χ2v) is 19.5. The number of hydrogen-bond donors (Lipinski definition) is 0. The fourth-order valence-corrected chi connectivity index (χ4v) is 12.7. The van der Waals surface area contributed by atoms with Crippen molar-refractivity contribution in [1.82, 2.24) is 0 Å². The Bertz CT molecular complexity index is 3900. The zero-order valence-electron chi connectivity index (χ0n) is 38.2. The van der Waals surface area contributed by atoms with Gasteiger partial charge in [-0.2, -0.15) is 0 Å². The molecule has 0 radical (unpaired) electrons. The lowest BCUT2D eigenvalue weighted by molar-refractivity contribution is 0.753. The topological polar surface area (TPSA) is 6.48 Å². The highest BCUT2D eigenvalue weighted by molar-refractivity contribution is 7.25. The van der Waals surface area contributed by atoms with Crippen LogP contribution >= 0.6 is 11.3 Å². The average Bonchev–Trinajstić information content (AvgIpc) is 3.95. The molecule has 328 valence electrons. The summed E-state index contributed by atoms with van der Waals surface area (Å²) in [6.07, 6.45) is 0. The van der Waals surface area contributed by atoms with Crippen molar-refractivity contribution in [2.45, 2.75) is 5.41 Å². The van der Waals surface area contributed by atoms with Gasteiger partial charge in [0.25, 0.3) is 0 Å². The van der Waals surface area contributed by atoms with E-state index in [1.807, 2.05) is 11.3 Å². The lowest BCUT2D eigenvalue weighted by atomic mass is 9.64. The lowest BCUT2D eigenvalue weighted by Gasteiger charge is -2.45. The van der Waals surface area contributed by atoms with Gasteiger partial charge in [-0.15, -0.1) is 11.3 Å². The molecule has 3 heteroatoms. The van der Waals surface area contributed by atoms with Crippen molar-refractivity contribution in [3.8, 4) is 44.5 Å². The summed E-state index contributed by atoms with van der Waals surface area (Å²) in [4.78, 5) is 4.88. The number of benzene rings is 11. The molecule has 0 N–H and O–H groups in total. The van der Waals surface area contributed by atoms with Crippen LogP contribution in [0.1, 0.15) is 22.3 Å². The van der Waals surface area contributed by atoms with Crippen LogP contribution in [-0.2, 0) is 5.41 Å². The van der Waals surface area contributed by atoms with Crippen LogP contribution in [0.5, 0.6) is 0 Å². The fraction of sp³-hybridized carbons (Fsp3) is 0.0149. The highest BCUT2D eigenvalue weighted by Crippen LogP contribution is 2.63. The first-order valence-corrected chi connectivity index (χ1v) is 24.9. The summed E-state index contributed by atoms with van der Waals surface area (Å²) in [7, 11) is 0. The Morgan fingerprint density at radius 1 is 0.314 bits per heavy atom.